The van der Waals surface area contributed by atoms with Crippen LogP contribution in [0.1, 0.15) is 70.6 Å². The summed E-state index contributed by atoms with van der Waals surface area (Å²) in [5.74, 6) is -0.345. The minimum absolute atomic E-state index is 0.0838. The third kappa shape index (κ3) is 2.34. The fourth-order valence-electron chi connectivity index (χ4n) is 5.76. The van der Waals surface area contributed by atoms with Crippen LogP contribution in [0.4, 0.5) is 0 Å². The van der Waals surface area contributed by atoms with E-state index in [1.807, 2.05) is 0 Å². The highest BCUT2D eigenvalue weighted by molar-refractivity contribution is 5.12. The van der Waals surface area contributed by atoms with Gasteiger partial charge in [0.25, 0.3) is 0 Å². The zero-order chi connectivity index (χ0) is 16.2. The molecule has 0 amide bonds. The maximum Gasteiger partial charge on any atom is 0.169 e. The van der Waals surface area contributed by atoms with Crippen LogP contribution < -0.4 is 0 Å². The SMILES string of the molecule is N#CCCC1CC[C@@H]2OC3C[C@]2(C[C@H]2OC4(CCCCC4)OC32)O1. The van der Waals surface area contributed by atoms with Crippen molar-refractivity contribution in [2.75, 3.05) is 0 Å². The second-order valence-electron chi connectivity index (χ2n) is 8.36. The van der Waals surface area contributed by atoms with Crippen molar-refractivity contribution in [2.45, 2.75) is 113 Å². The number of ether oxygens (including phenoxy) is 4. The quantitative estimate of drug-likeness (QED) is 0.776. The number of fused-ring (bicyclic) bond motifs is 3. The first-order chi connectivity index (χ1) is 11.7. The molecule has 2 aliphatic carbocycles. The monoisotopic (exact) mass is 333 g/mol. The van der Waals surface area contributed by atoms with E-state index in [1.54, 1.807) is 0 Å². The average Bonchev–Trinajstić information content (AvgIpc) is 3.09. The Labute approximate surface area is 143 Å². The normalized spacial score (nSPS) is 48.7. The van der Waals surface area contributed by atoms with Gasteiger partial charge in [-0.05, 0) is 32.1 Å². The van der Waals surface area contributed by atoms with E-state index in [-0.39, 0.29) is 41.9 Å². The molecule has 0 aromatic carbocycles. The molecule has 132 valence electrons. The van der Waals surface area contributed by atoms with Crippen molar-refractivity contribution in [3.05, 3.63) is 0 Å². The number of nitriles is 1. The number of hydrogen-bond donors (Lipinski definition) is 0. The molecule has 0 aromatic heterocycles. The van der Waals surface area contributed by atoms with Gasteiger partial charge < -0.3 is 18.9 Å². The van der Waals surface area contributed by atoms with Crippen LogP contribution in [-0.2, 0) is 18.9 Å². The fraction of sp³-hybridized carbons (Fsp3) is 0.947. The molecule has 0 aromatic rings. The van der Waals surface area contributed by atoms with Gasteiger partial charge in [-0.1, -0.05) is 6.42 Å². The average molecular weight is 333 g/mol. The van der Waals surface area contributed by atoms with E-state index in [1.165, 1.54) is 19.3 Å². The minimum atomic E-state index is -0.345. The van der Waals surface area contributed by atoms with E-state index in [0.29, 0.717) is 6.42 Å². The lowest BCUT2D eigenvalue weighted by atomic mass is 9.76. The summed E-state index contributed by atoms with van der Waals surface area (Å²) in [7, 11) is 0. The highest BCUT2D eigenvalue weighted by Gasteiger charge is 2.65. The van der Waals surface area contributed by atoms with Crippen molar-refractivity contribution in [3.8, 4) is 6.07 Å². The minimum Gasteiger partial charge on any atom is -0.369 e. The first kappa shape index (κ1) is 15.6. The van der Waals surface area contributed by atoms with E-state index in [9.17, 15) is 0 Å². The van der Waals surface area contributed by atoms with Gasteiger partial charge in [0.05, 0.1) is 36.1 Å². The number of hydrogen-bond acceptors (Lipinski definition) is 5. The molecule has 5 rings (SSSR count). The highest BCUT2D eigenvalue weighted by Crippen LogP contribution is 2.55. The zero-order valence-corrected chi connectivity index (χ0v) is 14.2. The summed E-state index contributed by atoms with van der Waals surface area (Å²) in [6.07, 6.45) is 11.7. The second-order valence-corrected chi connectivity index (χ2v) is 8.36. The van der Waals surface area contributed by atoms with Gasteiger partial charge in [-0.25, -0.2) is 0 Å². The Balaban J connectivity index is 1.33. The van der Waals surface area contributed by atoms with Gasteiger partial charge >= 0.3 is 0 Å². The number of rotatable bonds is 2. The lowest BCUT2D eigenvalue weighted by Gasteiger charge is -2.44. The molecular formula is C19H27NO4. The summed E-state index contributed by atoms with van der Waals surface area (Å²) >= 11 is 0. The van der Waals surface area contributed by atoms with Crippen LogP contribution in [0.15, 0.2) is 0 Å². The largest absolute Gasteiger partial charge is 0.369 e. The molecule has 0 N–H and O–H groups in total. The molecule has 2 saturated carbocycles. The third-order valence-electron chi connectivity index (χ3n) is 6.81. The number of nitrogens with zero attached hydrogens (tertiary/aromatic N) is 1. The van der Waals surface area contributed by atoms with Crippen LogP contribution in [0.3, 0.4) is 0 Å². The second kappa shape index (κ2) is 5.67. The summed E-state index contributed by atoms with van der Waals surface area (Å²) in [6.45, 7) is 0. The van der Waals surface area contributed by atoms with Gasteiger partial charge in [0, 0.05) is 32.1 Å². The molecule has 5 nitrogen and oxygen atoms in total. The van der Waals surface area contributed by atoms with Crippen molar-refractivity contribution in [1.82, 2.24) is 0 Å². The van der Waals surface area contributed by atoms with Crippen molar-refractivity contribution < 1.29 is 18.9 Å². The third-order valence-corrected chi connectivity index (χ3v) is 6.81. The summed E-state index contributed by atoms with van der Waals surface area (Å²) in [4.78, 5) is 0. The van der Waals surface area contributed by atoms with E-state index in [0.717, 1.165) is 44.9 Å². The van der Waals surface area contributed by atoms with Gasteiger partial charge in [-0.3, -0.25) is 0 Å². The Morgan fingerprint density at radius 2 is 1.79 bits per heavy atom. The summed E-state index contributed by atoms with van der Waals surface area (Å²) in [5.41, 5.74) is -0.201. The molecule has 2 bridgehead atoms. The highest BCUT2D eigenvalue weighted by atomic mass is 16.8. The van der Waals surface area contributed by atoms with Crippen molar-refractivity contribution >= 4 is 0 Å². The molecule has 5 heteroatoms. The van der Waals surface area contributed by atoms with Gasteiger partial charge in [0.1, 0.15) is 6.10 Å². The van der Waals surface area contributed by atoms with Gasteiger partial charge in [-0.15, -0.1) is 0 Å². The fourth-order valence-corrected chi connectivity index (χ4v) is 5.76. The van der Waals surface area contributed by atoms with Crippen LogP contribution in [0.2, 0.25) is 0 Å². The smallest absolute Gasteiger partial charge is 0.169 e. The maximum absolute atomic E-state index is 8.86. The Bertz CT molecular complexity index is 540. The molecule has 3 heterocycles. The molecule has 0 radical (unpaired) electrons. The van der Waals surface area contributed by atoms with E-state index in [2.05, 4.69) is 6.07 Å². The van der Waals surface area contributed by atoms with Crippen molar-refractivity contribution in [3.63, 3.8) is 0 Å². The Morgan fingerprint density at radius 3 is 2.62 bits per heavy atom. The molecule has 24 heavy (non-hydrogen) atoms. The van der Waals surface area contributed by atoms with Crippen LogP contribution in [0.25, 0.3) is 0 Å². The first-order valence-corrected chi connectivity index (χ1v) is 9.78. The zero-order valence-electron chi connectivity index (χ0n) is 14.2. The summed E-state index contributed by atoms with van der Waals surface area (Å²) < 4.78 is 25.9. The predicted octanol–water partition coefficient (Wildman–Crippen LogP) is 3.21. The van der Waals surface area contributed by atoms with E-state index >= 15 is 0 Å². The Kier molecular flexibility index (Phi) is 3.68. The predicted molar refractivity (Wildman–Crippen MR) is 85.1 cm³/mol. The van der Waals surface area contributed by atoms with E-state index < -0.39 is 0 Å². The van der Waals surface area contributed by atoms with Crippen LogP contribution >= 0.6 is 0 Å². The van der Waals surface area contributed by atoms with Gasteiger partial charge in [0.15, 0.2) is 5.79 Å². The molecule has 5 fully saturated rings. The standard InChI is InChI=1S/C19H27NO4/c20-10-4-5-13-6-7-16-18(22-13)11-14(21-16)17-15(12-18)23-19(24-17)8-2-1-3-9-19/h13-17H,1-9,11-12H2/t13?,14?,15-,16+,17?,18-/m1/s1. The molecule has 5 aliphatic rings. The molecule has 3 unspecified atom stereocenters. The van der Waals surface area contributed by atoms with E-state index in [4.69, 9.17) is 24.2 Å². The lowest BCUT2D eigenvalue weighted by molar-refractivity contribution is -0.215. The molecule has 2 spiro atoms. The first-order valence-electron chi connectivity index (χ1n) is 9.78. The van der Waals surface area contributed by atoms with Crippen LogP contribution in [0, 0.1) is 11.3 Å². The lowest BCUT2D eigenvalue weighted by Crippen LogP contribution is -2.53. The van der Waals surface area contributed by atoms with Gasteiger partial charge in [-0.2, -0.15) is 5.26 Å². The van der Waals surface area contributed by atoms with Crippen LogP contribution in [0.5, 0.6) is 0 Å². The van der Waals surface area contributed by atoms with Crippen molar-refractivity contribution in [1.29, 1.82) is 5.26 Å². The summed E-state index contributed by atoms with van der Waals surface area (Å²) in [5, 5.41) is 8.86. The molecule has 3 saturated heterocycles. The molecule has 3 aliphatic heterocycles. The topological polar surface area (TPSA) is 60.7 Å². The Morgan fingerprint density at radius 1 is 0.958 bits per heavy atom. The molecule has 6 atom stereocenters. The van der Waals surface area contributed by atoms with Crippen LogP contribution in [-0.4, -0.2) is 41.9 Å². The Hall–Kier alpha value is -0.670. The van der Waals surface area contributed by atoms with Crippen molar-refractivity contribution in [2.24, 2.45) is 0 Å². The maximum atomic E-state index is 8.86. The summed E-state index contributed by atoms with van der Waals surface area (Å²) in [6, 6.07) is 2.25. The molecular weight excluding hydrogens is 306 g/mol. The van der Waals surface area contributed by atoms with Gasteiger partial charge in [0.2, 0.25) is 0 Å².